The smallest absolute Gasteiger partial charge is 0.0245 e. The zero-order valence-corrected chi connectivity index (χ0v) is 8.66. The van der Waals surface area contributed by atoms with Crippen LogP contribution >= 0.6 is 0 Å². The van der Waals surface area contributed by atoms with Gasteiger partial charge in [-0.3, -0.25) is 0 Å². The lowest BCUT2D eigenvalue weighted by Gasteiger charge is -1.90. The summed E-state index contributed by atoms with van der Waals surface area (Å²) >= 11 is 0. The van der Waals surface area contributed by atoms with Crippen molar-refractivity contribution < 1.29 is 0 Å². The summed E-state index contributed by atoms with van der Waals surface area (Å²) in [6, 6.07) is 0. The van der Waals surface area contributed by atoms with Crippen LogP contribution in [0, 0.1) is 11.8 Å². The van der Waals surface area contributed by atoms with Crippen molar-refractivity contribution in [1.82, 2.24) is 0 Å². The molecule has 0 N–H and O–H groups in total. The largest absolute Gasteiger partial charge is 0.0979 e. The summed E-state index contributed by atoms with van der Waals surface area (Å²) in [4.78, 5) is 0. The first-order valence-electron chi connectivity index (χ1n) is 5.14. The number of allylic oxidation sites excluding steroid dienone is 8. The summed E-state index contributed by atoms with van der Waals surface area (Å²) < 4.78 is 0. The zero-order valence-electron chi connectivity index (χ0n) is 8.66. The predicted molar refractivity (Wildman–Crippen MR) is 62.8 cm³/mol. The van der Waals surface area contributed by atoms with Crippen LogP contribution in [0.1, 0.15) is 26.2 Å². The number of rotatable bonds is 2. The van der Waals surface area contributed by atoms with Gasteiger partial charge in [-0.2, -0.15) is 0 Å². The standard InChI is InChI=1S/C14H16/c1-2-3-4-8-11-14-12-9-6-5-7-10-13-14/h5-7,9-10,12-13H,2-4H2,1H3/b6-5-,7-5?,9-6?,10-7-,12-9-,13-10?,14-12?,14-13-. The topological polar surface area (TPSA) is 0 Å². The molecule has 1 aliphatic rings. The van der Waals surface area contributed by atoms with Crippen molar-refractivity contribution in [2.75, 3.05) is 0 Å². The lowest BCUT2D eigenvalue weighted by atomic mass is 10.2. The molecule has 1 aliphatic carbocycles. The second kappa shape index (κ2) is 6.97. The van der Waals surface area contributed by atoms with Crippen molar-refractivity contribution in [3.63, 3.8) is 0 Å². The maximum absolute atomic E-state index is 3.18. The average Bonchev–Trinajstić information content (AvgIpc) is 2.15. The fourth-order valence-corrected chi connectivity index (χ4v) is 1.08. The van der Waals surface area contributed by atoms with Crippen molar-refractivity contribution in [2.45, 2.75) is 26.2 Å². The van der Waals surface area contributed by atoms with E-state index in [9.17, 15) is 0 Å². The van der Waals surface area contributed by atoms with E-state index in [0.29, 0.717) is 0 Å². The zero-order chi connectivity index (χ0) is 10.1. The third-order valence-corrected chi connectivity index (χ3v) is 1.88. The molecule has 0 aliphatic heterocycles. The van der Waals surface area contributed by atoms with Gasteiger partial charge in [-0.05, 0) is 18.6 Å². The van der Waals surface area contributed by atoms with Gasteiger partial charge in [-0.25, -0.2) is 0 Å². The minimum absolute atomic E-state index is 1.00. The lowest BCUT2D eigenvalue weighted by Crippen LogP contribution is -1.74. The predicted octanol–water partition coefficient (Wildman–Crippen LogP) is 3.79. The van der Waals surface area contributed by atoms with E-state index < -0.39 is 0 Å². The summed E-state index contributed by atoms with van der Waals surface area (Å²) in [5.41, 5.74) is 1.08. The Labute approximate surface area is 86.7 Å². The molecule has 0 heterocycles. The van der Waals surface area contributed by atoms with Crippen LogP contribution in [0.5, 0.6) is 0 Å². The van der Waals surface area contributed by atoms with Crippen LogP contribution in [0.3, 0.4) is 0 Å². The van der Waals surface area contributed by atoms with Gasteiger partial charge in [0.25, 0.3) is 0 Å². The number of unbranched alkanes of at least 4 members (excludes halogenated alkanes) is 2. The van der Waals surface area contributed by atoms with Crippen LogP contribution in [-0.4, -0.2) is 0 Å². The monoisotopic (exact) mass is 184 g/mol. The molecule has 0 saturated heterocycles. The van der Waals surface area contributed by atoms with Crippen molar-refractivity contribution in [1.29, 1.82) is 0 Å². The molecular formula is C14H16. The molecule has 0 bridgehead atoms. The fraction of sp³-hybridized carbons (Fsp3) is 0.286. The van der Waals surface area contributed by atoms with Gasteiger partial charge in [0.2, 0.25) is 0 Å². The Morgan fingerprint density at radius 2 is 1.86 bits per heavy atom. The molecule has 1 rings (SSSR count). The molecule has 0 fully saturated rings. The molecule has 72 valence electrons. The lowest BCUT2D eigenvalue weighted by molar-refractivity contribution is 0.828. The highest BCUT2D eigenvalue weighted by Gasteiger charge is 1.84. The van der Waals surface area contributed by atoms with Gasteiger partial charge < -0.3 is 0 Å². The molecule has 0 aromatic carbocycles. The molecule has 0 nitrogen and oxygen atoms in total. The van der Waals surface area contributed by atoms with Crippen molar-refractivity contribution >= 4 is 0 Å². The Morgan fingerprint density at radius 3 is 2.71 bits per heavy atom. The molecule has 0 amide bonds. The van der Waals surface area contributed by atoms with Crippen LogP contribution in [0.4, 0.5) is 0 Å². The highest BCUT2D eigenvalue weighted by molar-refractivity contribution is 5.43. The molecule has 14 heavy (non-hydrogen) atoms. The summed E-state index contributed by atoms with van der Waals surface area (Å²) in [5.74, 6) is 6.34. The van der Waals surface area contributed by atoms with Gasteiger partial charge in [0.05, 0.1) is 0 Å². The van der Waals surface area contributed by atoms with Gasteiger partial charge in [0.1, 0.15) is 0 Å². The minimum Gasteiger partial charge on any atom is -0.0979 e. The summed E-state index contributed by atoms with van der Waals surface area (Å²) in [6.45, 7) is 2.18. The SMILES string of the molecule is CCCCC#CC1=C/C=C\C=C/C=C\1. The maximum atomic E-state index is 3.18. The van der Waals surface area contributed by atoms with E-state index in [4.69, 9.17) is 0 Å². The van der Waals surface area contributed by atoms with E-state index in [1.807, 2.05) is 42.5 Å². The second-order valence-corrected chi connectivity index (χ2v) is 3.16. The first-order chi connectivity index (χ1) is 6.93. The van der Waals surface area contributed by atoms with E-state index in [-0.39, 0.29) is 0 Å². The maximum Gasteiger partial charge on any atom is 0.0245 e. The Morgan fingerprint density at radius 1 is 1.07 bits per heavy atom. The Bertz CT molecular complexity index is 327. The van der Waals surface area contributed by atoms with Crippen LogP contribution < -0.4 is 0 Å². The number of hydrogen-bond acceptors (Lipinski definition) is 0. The van der Waals surface area contributed by atoms with Crippen LogP contribution in [0.25, 0.3) is 0 Å². The summed E-state index contributed by atoms with van der Waals surface area (Å²) in [5, 5.41) is 0. The molecule has 0 aromatic heterocycles. The molecule has 0 spiro atoms. The third kappa shape index (κ3) is 4.52. The molecular weight excluding hydrogens is 168 g/mol. The number of hydrogen-bond donors (Lipinski definition) is 0. The van der Waals surface area contributed by atoms with Crippen LogP contribution in [-0.2, 0) is 0 Å². The Hall–Kier alpha value is -1.48. The van der Waals surface area contributed by atoms with E-state index in [1.54, 1.807) is 0 Å². The summed E-state index contributed by atoms with van der Waals surface area (Å²) in [6.07, 6.45) is 17.6. The fourth-order valence-electron chi connectivity index (χ4n) is 1.08. The minimum atomic E-state index is 1.00. The third-order valence-electron chi connectivity index (χ3n) is 1.88. The van der Waals surface area contributed by atoms with E-state index in [2.05, 4.69) is 18.8 Å². The van der Waals surface area contributed by atoms with Gasteiger partial charge in [0, 0.05) is 12.0 Å². The quantitative estimate of drug-likeness (QED) is 0.452. The van der Waals surface area contributed by atoms with Crippen LogP contribution in [0.2, 0.25) is 0 Å². The normalized spacial score (nSPS) is 24.5. The van der Waals surface area contributed by atoms with Gasteiger partial charge in [-0.15, -0.1) is 0 Å². The van der Waals surface area contributed by atoms with E-state index >= 15 is 0 Å². The molecule has 0 radical (unpaired) electrons. The summed E-state index contributed by atoms with van der Waals surface area (Å²) in [7, 11) is 0. The first kappa shape index (κ1) is 10.6. The van der Waals surface area contributed by atoms with Gasteiger partial charge >= 0.3 is 0 Å². The van der Waals surface area contributed by atoms with Crippen molar-refractivity contribution in [2.24, 2.45) is 0 Å². The van der Waals surface area contributed by atoms with E-state index in [0.717, 1.165) is 12.0 Å². The molecule has 0 unspecified atom stereocenters. The Balaban J connectivity index is 2.53. The molecule has 0 saturated carbocycles. The molecule has 0 heteroatoms. The second-order valence-electron chi connectivity index (χ2n) is 3.16. The van der Waals surface area contributed by atoms with Crippen molar-refractivity contribution in [3.05, 3.63) is 48.1 Å². The Kier molecular flexibility index (Phi) is 5.28. The highest BCUT2D eigenvalue weighted by Crippen LogP contribution is 2.00. The van der Waals surface area contributed by atoms with E-state index in [1.165, 1.54) is 12.8 Å². The van der Waals surface area contributed by atoms with Gasteiger partial charge in [0.15, 0.2) is 0 Å². The molecule has 0 atom stereocenters. The highest BCUT2D eigenvalue weighted by atomic mass is 13.9. The van der Waals surface area contributed by atoms with Crippen LogP contribution in [0.15, 0.2) is 48.1 Å². The van der Waals surface area contributed by atoms with Gasteiger partial charge in [-0.1, -0.05) is 55.6 Å². The molecule has 0 aromatic rings. The van der Waals surface area contributed by atoms with Crippen molar-refractivity contribution in [3.8, 4) is 11.8 Å². The average molecular weight is 184 g/mol. The first-order valence-corrected chi connectivity index (χ1v) is 5.14.